The fraction of sp³-hybridized carbons (Fsp3) is 0.364. The van der Waals surface area contributed by atoms with E-state index in [1.165, 1.54) is 6.07 Å². The van der Waals surface area contributed by atoms with E-state index in [2.05, 4.69) is 5.32 Å². The lowest BCUT2D eigenvalue weighted by atomic mass is 10.2. The summed E-state index contributed by atoms with van der Waals surface area (Å²) in [6.45, 7) is 2.53. The standard InChI is InChI=1S/C11H14FN3O2/c12-9-7-8(14-11(13)16)1-2-10(9)15-3-5-17-6-4-15/h1-2,7H,3-6H2,(H3,13,14,16). The van der Waals surface area contributed by atoms with E-state index < -0.39 is 6.03 Å². The van der Waals surface area contributed by atoms with E-state index in [-0.39, 0.29) is 5.82 Å². The van der Waals surface area contributed by atoms with Crippen molar-refractivity contribution in [2.45, 2.75) is 0 Å². The van der Waals surface area contributed by atoms with Gasteiger partial charge in [0.2, 0.25) is 0 Å². The number of hydrogen-bond acceptors (Lipinski definition) is 3. The van der Waals surface area contributed by atoms with Crippen LogP contribution in [0, 0.1) is 5.82 Å². The van der Waals surface area contributed by atoms with Gasteiger partial charge in [-0.05, 0) is 18.2 Å². The van der Waals surface area contributed by atoms with E-state index in [1.807, 2.05) is 4.90 Å². The maximum atomic E-state index is 13.8. The van der Waals surface area contributed by atoms with Gasteiger partial charge in [0.15, 0.2) is 0 Å². The lowest BCUT2D eigenvalue weighted by Gasteiger charge is -2.29. The number of nitrogens with two attached hydrogens (primary N) is 1. The molecule has 1 fully saturated rings. The minimum Gasteiger partial charge on any atom is -0.378 e. The monoisotopic (exact) mass is 239 g/mol. The molecule has 0 spiro atoms. The highest BCUT2D eigenvalue weighted by Crippen LogP contribution is 2.23. The molecule has 0 bridgehead atoms. The first-order valence-corrected chi connectivity index (χ1v) is 5.35. The number of halogens is 1. The van der Waals surface area contributed by atoms with Crippen LogP contribution in [0.15, 0.2) is 18.2 Å². The Kier molecular flexibility index (Phi) is 3.43. The van der Waals surface area contributed by atoms with E-state index >= 15 is 0 Å². The van der Waals surface area contributed by atoms with Crippen LogP contribution in [0.3, 0.4) is 0 Å². The smallest absolute Gasteiger partial charge is 0.316 e. The van der Waals surface area contributed by atoms with Gasteiger partial charge in [-0.25, -0.2) is 9.18 Å². The van der Waals surface area contributed by atoms with Crippen molar-refractivity contribution in [3.05, 3.63) is 24.0 Å². The molecule has 1 saturated heterocycles. The first-order valence-electron chi connectivity index (χ1n) is 5.35. The lowest BCUT2D eigenvalue weighted by molar-refractivity contribution is 0.122. The average molecular weight is 239 g/mol. The summed E-state index contributed by atoms with van der Waals surface area (Å²) in [4.78, 5) is 12.5. The molecule has 2 amide bonds. The number of amides is 2. The second-order valence-electron chi connectivity index (χ2n) is 3.75. The third-order valence-corrected chi connectivity index (χ3v) is 2.57. The Morgan fingerprint density at radius 2 is 2.12 bits per heavy atom. The number of morpholine rings is 1. The Balaban J connectivity index is 2.15. The quantitative estimate of drug-likeness (QED) is 0.813. The van der Waals surface area contributed by atoms with E-state index in [4.69, 9.17) is 10.5 Å². The highest BCUT2D eigenvalue weighted by atomic mass is 19.1. The van der Waals surface area contributed by atoms with Crippen LogP contribution < -0.4 is 16.0 Å². The van der Waals surface area contributed by atoms with Crippen molar-refractivity contribution in [3.8, 4) is 0 Å². The van der Waals surface area contributed by atoms with Gasteiger partial charge in [0.05, 0.1) is 18.9 Å². The largest absolute Gasteiger partial charge is 0.378 e. The maximum Gasteiger partial charge on any atom is 0.316 e. The number of nitrogens with zero attached hydrogens (tertiary/aromatic N) is 1. The minimum absolute atomic E-state index is 0.354. The number of carbonyl (C=O) groups excluding carboxylic acids is 1. The van der Waals surface area contributed by atoms with Gasteiger partial charge < -0.3 is 20.7 Å². The molecule has 1 aromatic carbocycles. The van der Waals surface area contributed by atoms with Crippen LogP contribution in [0.4, 0.5) is 20.6 Å². The van der Waals surface area contributed by atoms with Crippen molar-refractivity contribution in [1.29, 1.82) is 0 Å². The molecule has 0 atom stereocenters. The molecule has 1 aromatic rings. The molecule has 5 nitrogen and oxygen atoms in total. The normalized spacial score (nSPS) is 15.7. The molecule has 17 heavy (non-hydrogen) atoms. The molecule has 3 N–H and O–H groups in total. The van der Waals surface area contributed by atoms with Gasteiger partial charge in [0.1, 0.15) is 5.82 Å². The summed E-state index contributed by atoms with van der Waals surface area (Å²) in [5, 5.41) is 2.33. The number of ether oxygens (including phenoxy) is 1. The SMILES string of the molecule is NC(=O)Nc1ccc(N2CCOCC2)c(F)c1. The minimum atomic E-state index is -0.705. The third kappa shape index (κ3) is 2.85. The fourth-order valence-electron chi connectivity index (χ4n) is 1.79. The zero-order valence-corrected chi connectivity index (χ0v) is 9.28. The van der Waals surface area contributed by atoms with Crippen LogP contribution in [0.2, 0.25) is 0 Å². The van der Waals surface area contributed by atoms with E-state index in [9.17, 15) is 9.18 Å². The van der Waals surface area contributed by atoms with Gasteiger partial charge >= 0.3 is 6.03 Å². The van der Waals surface area contributed by atoms with Gasteiger partial charge in [-0.15, -0.1) is 0 Å². The average Bonchev–Trinajstić information content (AvgIpc) is 2.29. The molecule has 0 aliphatic carbocycles. The van der Waals surface area contributed by atoms with E-state index in [0.29, 0.717) is 37.7 Å². The van der Waals surface area contributed by atoms with Gasteiger partial charge in [0, 0.05) is 18.8 Å². The number of rotatable bonds is 2. The van der Waals surface area contributed by atoms with Crippen molar-refractivity contribution in [3.63, 3.8) is 0 Å². The predicted molar refractivity (Wildman–Crippen MR) is 62.6 cm³/mol. The fourth-order valence-corrected chi connectivity index (χ4v) is 1.79. The Labute approximate surface area is 98.3 Å². The van der Waals surface area contributed by atoms with Crippen molar-refractivity contribution in [2.24, 2.45) is 5.73 Å². The number of urea groups is 1. The van der Waals surface area contributed by atoms with Gasteiger partial charge in [-0.3, -0.25) is 0 Å². The molecule has 0 unspecified atom stereocenters. The van der Waals surface area contributed by atoms with E-state index in [0.717, 1.165) is 0 Å². The number of anilines is 2. The maximum absolute atomic E-state index is 13.8. The van der Waals surface area contributed by atoms with Gasteiger partial charge in [-0.1, -0.05) is 0 Å². The van der Waals surface area contributed by atoms with Crippen LogP contribution in [0.5, 0.6) is 0 Å². The second kappa shape index (κ2) is 5.01. The van der Waals surface area contributed by atoms with Gasteiger partial charge in [0.25, 0.3) is 0 Å². The Hall–Kier alpha value is -1.82. The summed E-state index contributed by atoms with van der Waals surface area (Å²) in [5.41, 5.74) is 5.83. The number of primary amides is 1. The van der Waals surface area contributed by atoms with Crippen molar-refractivity contribution < 1.29 is 13.9 Å². The Morgan fingerprint density at radius 3 is 2.71 bits per heavy atom. The van der Waals surface area contributed by atoms with E-state index in [1.54, 1.807) is 12.1 Å². The molecule has 0 radical (unpaired) electrons. The summed E-state index contributed by atoms with van der Waals surface area (Å²) in [7, 11) is 0. The molecule has 1 aliphatic heterocycles. The second-order valence-corrected chi connectivity index (χ2v) is 3.75. The molecule has 0 saturated carbocycles. The van der Waals surface area contributed by atoms with Crippen LogP contribution in [-0.4, -0.2) is 32.3 Å². The first kappa shape index (κ1) is 11.7. The highest BCUT2D eigenvalue weighted by Gasteiger charge is 2.15. The molecule has 1 aliphatic rings. The summed E-state index contributed by atoms with van der Waals surface area (Å²) in [5.74, 6) is -0.377. The first-order chi connectivity index (χ1) is 8.16. The molecule has 6 heteroatoms. The summed E-state index contributed by atoms with van der Waals surface area (Å²) in [6.07, 6.45) is 0. The van der Waals surface area contributed by atoms with Crippen LogP contribution >= 0.6 is 0 Å². The summed E-state index contributed by atoms with van der Waals surface area (Å²) in [6, 6.07) is 3.81. The van der Waals surface area contributed by atoms with Crippen LogP contribution in [0.1, 0.15) is 0 Å². The lowest BCUT2D eigenvalue weighted by Crippen LogP contribution is -2.36. The number of nitrogens with one attached hydrogen (secondary N) is 1. The van der Waals surface area contributed by atoms with Crippen molar-refractivity contribution in [2.75, 3.05) is 36.5 Å². The number of hydrogen-bond donors (Lipinski definition) is 2. The Morgan fingerprint density at radius 1 is 1.41 bits per heavy atom. The summed E-state index contributed by atoms with van der Waals surface area (Å²) < 4.78 is 19.0. The number of carbonyl (C=O) groups is 1. The molecule has 92 valence electrons. The summed E-state index contributed by atoms with van der Waals surface area (Å²) >= 11 is 0. The molecule has 0 aromatic heterocycles. The van der Waals surface area contributed by atoms with Crippen LogP contribution in [-0.2, 0) is 4.74 Å². The number of benzene rings is 1. The van der Waals surface area contributed by atoms with Crippen molar-refractivity contribution in [1.82, 2.24) is 0 Å². The molecule has 1 heterocycles. The topological polar surface area (TPSA) is 67.6 Å². The molecular weight excluding hydrogens is 225 g/mol. The predicted octanol–water partition coefficient (Wildman–Crippen LogP) is 1.15. The van der Waals surface area contributed by atoms with Crippen LogP contribution in [0.25, 0.3) is 0 Å². The van der Waals surface area contributed by atoms with Gasteiger partial charge in [-0.2, -0.15) is 0 Å². The molecule has 2 rings (SSSR count). The third-order valence-electron chi connectivity index (χ3n) is 2.57. The zero-order chi connectivity index (χ0) is 12.3. The highest BCUT2D eigenvalue weighted by molar-refractivity contribution is 5.88. The zero-order valence-electron chi connectivity index (χ0n) is 9.28. The Bertz CT molecular complexity index is 419. The molecular formula is C11H14FN3O2. The van der Waals surface area contributed by atoms with Crippen molar-refractivity contribution >= 4 is 17.4 Å².